The van der Waals surface area contributed by atoms with Gasteiger partial charge < -0.3 is 10.0 Å². The third kappa shape index (κ3) is 3.28. The number of amides is 1. The number of carbonyl (C=O) groups is 1. The van der Waals surface area contributed by atoms with Crippen molar-refractivity contribution in [1.82, 2.24) is 14.9 Å². The molecule has 0 bridgehead atoms. The lowest BCUT2D eigenvalue weighted by molar-refractivity contribution is -0.141. The second-order valence-corrected chi connectivity index (χ2v) is 10.4. The lowest BCUT2D eigenvalue weighted by Crippen LogP contribution is -2.38. The van der Waals surface area contributed by atoms with Crippen LogP contribution in [0.25, 0.3) is 27.4 Å². The molecule has 0 radical (unpaired) electrons. The van der Waals surface area contributed by atoms with Gasteiger partial charge in [-0.1, -0.05) is 26.5 Å². The predicted octanol–water partition coefficient (Wildman–Crippen LogP) is 5.26. The molecule has 1 amide bonds. The van der Waals surface area contributed by atoms with Crippen molar-refractivity contribution in [3.63, 3.8) is 0 Å². The van der Waals surface area contributed by atoms with Gasteiger partial charge in [0.2, 0.25) is 5.91 Å². The highest BCUT2D eigenvalue weighted by Gasteiger charge is 2.71. The van der Waals surface area contributed by atoms with Crippen molar-refractivity contribution < 1.29 is 23.1 Å². The summed E-state index contributed by atoms with van der Waals surface area (Å²) in [6.45, 7) is 9.50. The first kappa shape index (κ1) is 22.0. The average Bonchev–Trinajstić information content (AvgIpc) is 2.99. The van der Waals surface area contributed by atoms with E-state index in [-0.39, 0.29) is 35.4 Å². The van der Waals surface area contributed by atoms with Crippen LogP contribution in [0.3, 0.4) is 0 Å². The summed E-state index contributed by atoms with van der Waals surface area (Å²) < 4.78 is 41.1. The minimum absolute atomic E-state index is 0.0586. The van der Waals surface area contributed by atoms with Crippen molar-refractivity contribution in [3.8, 4) is 11.1 Å². The highest BCUT2D eigenvalue weighted by atomic mass is 32.1. The van der Waals surface area contributed by atoms with Gasteiger partial charge in [0.25, 0.3) is 0 Å². The number of aliphatic hydroxyl groups is 1. The fraction of sp³-hybridized carbons (Fsp3) is 0.375. The lowest BCUT2D eigenvalue weighted by Gasteiger charge is -2.26. The number of likely N-dealkylation sites (tertiary alicyclic amines) is 1. The zero-order chi connectivity index (χ0) is 23.9. The molecule has 172 valence electrons. The number of hydrogen-bond acceptors (Lipinski definition) is 5. The molecule has 4 heterocycles. The topological polar surface area (TPSA) is 66.3 Å². The smallest absolute Gasteiger partial charge is 0.373 e. The molecule has 0 aromatic carbocycles. The maximum Gasteiger partial charge on any atom is 0.433 e. The van der Waals surface area contributed by atoms with Crippen LogP contribution in [0.5, 0.6) is 0 Å². The third-order valence-electron chi connectivity index (χ3n) is 6.92. The number of hydrogen-bond donors (Lipinski definition) is 1. The van der Waals surface area contributed by atoms with Gasteiger partial charge in [0, 0.05) is 33.8 Å². The van der Waals surface area contributed by atoms with Gasteiger partial charge in [-0.3, -0.25) is 9.78 Å². The van der Waals surface area contributed by atoms with E-state index in [1.54, 1.807) is 12.3 Å². The van der Waals surface area contributed by atoms with Crippen LogP contribution >= 0.6 is 11.3 Å². The Morgan fingerprint density at radius 1 is 1.30 bits per heavy atom. The number of fused-ring (bicyclic) bond motifs is 2. The standard InChI is InChI=1S/C24H22F3N3O2S/c1-5-13-11(2)29-17(24(25,26)27)9-15(13)14-6-7-28-16-8-12(33-20(14)16)10-30-21(31)18-19(22(30)32)23(18,3)4/h5-9,18-19,21,31H,1,10H2,2-4H3. The van der Waals surface area contributed by atoms with E-state index >= 15 is 0 Å². The molecule has 0 spiro atoms. The van der Waals surface area contributed by atoms with Gasteiger partial charge in [-0.05, 0) is 36.1 Å². The van der Waals surface area contributed by atoms with Crippen LogP contribution in [-0.2, 0) is 17.5 Å². The summed E-state index contributed by atoms with van der Waals surface area (Å²) in [5, 5.41) is 10.6. The summed E-state index contributed by atoms with van der Waals surface area (Å²) in [4.78, 5) is 23.1. The fourth-order valence-corrected chi connectivity index (χ4v) is 6.27. The van der Waals surface area contributed by atoms with Crippen molar-refractivity contribution >= 4 is 33.5 Å². The van der Waals surface area contributed by atoms with Gasteiger partial charge in [-0.25, -0.2) is 4.98 Å². The van der Waals surface area contributed by atoms with Crippen LogP contribution < -0.4 is 0 Å². The number of rotatable bonds is 4. The molecule has 1 aliphatic carbocycles. The van der Waals surface area contributed by atoms with Crippen molar-refractivity contribution in [3.05, 3.63) is 52.8 Å². The quantitative estimate of drug-likeness (QED) is 0.561. The number of aliphatic hydroxyl groups excluding tert-OH is 1. The lowest BCUT2D eigenvalue weighted by atomic mass is 9.98. The van der Waals surface area contributed by atoms with E-state index in [4.69, 9.17) is 0 Å². The maximum atomic E-state index is 13.4. The van der Waals surface area contributed by atoms with Crippen LogP contribution in [0, 0.1) is 24.2 Å². The van der Waals surface area contributed by atoms with Gasteiger partial charge in [-0.15, -0.1) is 11.3 Å². The normalized spacial score (nSPS) is 23.8. The average molecular weight is 474 g/mol. The van der Waals surface area contributed by atoms with Gasteiger partial charge in [0.1, 0.15) is 11.9 Å². The van der Waals surface area contributed by atoms with Gasteiger partial charge in [-0.2, -0.15) is 13.2 Å². The molecule has 5 nitrogen and oxygen atoms in total. The molecule has 1 aliphatic heterocycles. The summed E-state index contributed by atoms with van der Waals surface area (Å²) in [5.41, 5.74) is 1.22. The van der Waals surface area contributed by atoms with E-state index in [0.29, 0.717) is 26.9 Å². The fourth-order valence-electron chi connectivity index (χ4n) is 5.13. The van der Waals surface area contributed by atoms with Crippen molar-refractivity contribution in [2.45, 2.75) is 39.7 Å². The van der Waals surface area contributed by atoms with Gasteiger partial charge in [0.15, 0.2) is 0 Å². The zero-order valence-corrected chi connectivity index (χ0v) is 19.1. The van der Waals surface area contributed by atoms with Crippen LogP contribution in [0.15, 0.2) is 31.0 Å². The molecule has 3 aromatic rings. The highest BCUT2D eigenvalue weighted by molar-refractivity contribution is 7.19. The van der Waals surface area contributed by atoms with Crippen molar-refractivity contribution in [2.75, 3.05) is 0 Å². The molecule has 1 saturated carbocycles. The molecule has 3 atom stereocenters. The van der Waals surface area contributed by atoms with Gasteiger partial charge >= 0.3 is 6.18 Å². The van der Waals surface area contributed by atoms with Crippen LogP contribution in [0.4, 0.5) is 13.2 Å². The molecule has 33 heavy (non-hydrogen) atoms. The van der Waals surface area contributed by atoms with Crippen LogP contribution in [-0.4, -0.2) is 32.1 Å². The Morgan fingerprint density at radius 3 is 2.64 bits per heavy atom. The Morgan fingerprint density at radius 2 is 2.03 bits per heavy atom. The molecule has 1 N–H and O–H groups in total. The van der Waals surface area contributed by atoms with E-state index in [0.717, 1.165) is 10.9 Å². The van der Waals surface area contributed by atoms with Crippen LogP contribution in [0.1, 0.15) is 35.7 Å². The molecular weight excluding hydrogens is 451 g/mol. The largest absolute Gasteiger partial charge is 0.433 e. The number of thiophene rings is 1. The number of pyridine rings is 2. The Hall–Kier alpha value is -2.78. The number of halogens is 3. The SMILES string of the molecule is C=Cc1c(-c2ccnc3cc(CN4C(=O)C5C(C4O)C5(C)C)sc23)cc(C(F)(F)F)nc1C. The summed E-state index contributed by atoms with van der Waals surface area (Å²) in [7, 11) is 0. The number of nitrogens with zero attached hydrogens (tertiary/aromatic N) is 3. The molecule has 2 fully saturated rings. The number of piperidine rings is 1. The van der Waals surface area contributed by atoms with Crippen molar-refractivity contribution in [2.24, 2.45) is 17.3 Å². The van der Waals surface area contributed by atoms with E-state index in [1.165, 1.54) is 29.2 Å². The molecule has 1 saturated heterocycles. The Bertz CT molecular complexity index is 1310. The first-order chi connectivity index (χ1) is 15.4. The Balaban J connectivity index is 1.56. The number of carbonyl (C=O) groups excluding carboxylic acids is 1. The molecule has 3 unspecified atom stereocenters. The predicted molar refractivity (Wildman–Crippen MR) is 120 cm³/mol. The summed E-state index contributed by atoms with van der Waals surface area (Å²) in [6.07, 6.45) is -2.35. The maximum absolute atomic E-state index is 13.4. The number of alkyl halides is 3. The second kappa shape index (κ2) is 7.11. The zero-order valence-electron chi connectivity index (χ0n) is 18.3. The minimum Gasteiger partial charge on any atom is -0.373 e. The van der Waals surface area contributed by atoms with E-state index in [9.17, 15) is 23.1 Å². The number of aryl methyl sites for hydroxylation is 1. The van der Waals surface area contributed by atoms with E-state index < -0.39 is 18.1 Å². The Labute approximate surface area is 192 Å². The number of aromatic nitrogens is 2. The monoisotopic (exact) mass is 473 g/mol. The highest BCUT2D eigenvalue weighted by Crippen LogP contribution is 2.65. The molecular formula is C24H22F3N3O2S. The van der Waals surface area contributed by atoms with Crippen molar-refractivity contribution in [1.29, 1.82) is 0 Å². The molecule has 9 heteroatoms. The molecule has 3 aromatic heterocycles. The van der Waals surface area contributed by atoms with E-state index in [2.05, 4.69) is 16.5 Å². The third-order valence-corrected chi connectivity index (χ3v) is 8.07. The van der Waals surface area contributed by atoms with Crippen LogP contribution in [0.2, 0.25) is 0 Å². The Kier molecular flexibility index (Phi) is 4.75. The summed E-state index contributed by atoms with van der Waals surface area (Å²) in [6, 6.07) is 4.55. The molecule has 2 aliphatic rings. The summed E-state index contributed by atoms with van der Waals surface area (Å²) in [5.74, 6) is -0.285. The van der Waals surface area contributed by atoms with Gasteiger partial charge in [0.05, 0.1) is 22.7 Å². The summed E-state index contributed by atoms with van der Waals surface area (Å²) >= 11 is 1.36. The van der Waals surface area contributed by atoms with E-state index in [1.807, 2.05) is 19.9 Å². The first-order valence-corrected chi connectivity index (χ1v) is 11.3. The minimum atomic E-state index is -4.58. The molecule has 5 rings (SSSR count). The first-order valence-electron chi connectivity index (χ1n) is 10.5. The second-order valence-electron chi connectivity index (χ2n) is 9.25.